The van der Waals surface area contributed by atoms with E-state index in [1.54, 1.807) is 12.1 Å². The summed E-state index contributed by atoms with van der Waals surface area (Å²) in [6.07, 6.45) is 1.37. The Bertz CT molecular complexity index is 647. The van der Waals surface area contributed by atoms with Gasteiger partial charge in [-0.3, -0.25) is 4.79 Å². The molecule has 2 aromatic rings. The fraction of sp³-hybridized carbons (Fsp3) is 0.273. The molecular weight excluding hydrogens is 305 g/mol. The Morgan fingerprint density at radius 3 is 3.10 bits per heavy atom. The molecule has 1 aromatic heterocycles. The number of amides is 1. The molecule has 104 valence electrons. The van der Waals surface area contributed by atoms with Crippen molar-refractivity contribution in [2.75, 3.05) is 6.61 Å². The number of tetrazole rings is 1. The van der Waals surface area contributed by atoms with E-state index in [1.807, 2.05) is 0 Å². The van der Waals surface area contributed by atoms with Crippen molar-refractivity contribution in [1.29, 1.82) is 0 Å². The molecule has 1 aliphatic heterocycles. The van der Waals surface area contributed by atoms with Crippen molar-refractivity contribution in [3.63, 3.8) is 0 Å². The lowest BCUT2D eigenvalue weighted by atomic mass is 10.1. The summed E-state index contributed by atoms with van der Waals surface area (Å²) in [6, 6.07) is 3.21. The Hall–Kier alpha value is -1.86. The number of nitrogens with zero attached hydrogens (tertiary/aromatic N) is 4. The quantitative estimate of drug-likeness (QED) is 0.921. The van der Waals surface area contributed by atoms with Gasteiger partial charge in [-0.2, -0.15) is 0 Å². The fourth-order valence-corrected chi connectivity index (χ4v) is 2.36. The van der Waals surface area contributed by atoms with Gasteiger partial charge in [0.25, 0.3) is 0 Å². The summed E-state index contributed by atoms with van der Waals surface area (Å²) in [5.41, 5.74) is 0.810. The predicted octanol–water partition coefficient (Wildman–Crippen LogP) is 1.23. The van der Waals surface area contributed by atoms with Crippen LogP contribution in [0.5, 0.6) is 5.75 Å². The van der Waals surface area contributed by atoms with Gasteiger partial charge in [0.2, 0.25) is 5.91 Å². The second kappa shape index (κ2) is 5.26. The molecule has 9 heteroatoms. The number of ether oxygens (including phenoxy) is 1. The lowest BCUT2D eigenvalue weighted by Crippen LogP contribution is -2.32. The summed E-state index contributed by atoms with van der Waals surface area (Å²) >= 11 is 12.0. The molecule has 0 radical (unpaired) electrons. The van der Waals surface area contributed by atoms with Crippen LogP contribution in [-0.2, 0) is 11.3 Å². The van der Waals surface area contributed by atoms with E-state index in [0.717, 1.165) is 5.56 Å². The maximum Gasteiger partial charge on any atom is 0.242 e. The number of carbonyl (C=O) groups is 1. The molecule has 0 saturated heterocycles. The summed E-state index contributed by atoms with van der Waals surface area (Å²) in [6.45, 7) is 0.358. The zero-order valence-electron chi connectivity index (χ0n) is 10.1. The molecule has 0 bridgehead atoms. The van der Waals surface area contributed by atoms with Crippen molar-refractivity contribution in [2.24, 2.45) is 0 Å². The highest BCUT2D eigenvalue weighted by atomic mass is 35.5. The molecule has 0 saturated carbocycles. The van der Waals surface area contributed by atoms with Crippen LogP contribution >= 0.6 is 23.2 Å². The highest BCUT2D eigenvalue weighted by Crippen LogP contribution is 2.41. The summed E-state index contributed by atoms with van der Waals surface area (Å²) in [5.74, 6) is 0.303. The maximum atomic E-state index is 11.9. The predicted molar refractivity (Wildman–Crippen MR) is 70.7 cm³/mol. The first-order valence-corrected chi connectivity index (χ1v) is 6.51. The lowest BCUT2D eigenvalue weighted by molar-refractivity contribution is -0.122. The van der Waals surface area contributed by atoms with Crippen LogP contribution in [0.3, 0.4) is 0 Å². The van der Waals surface area contributed by atoms with Crippen molar-refractivity contribution in [3.05, 3.63) is 34.1 Å². The molecule has 7 nitrogen and oxygen atoms in total. The minimum Gasteiger partial charge on any atom is -0.489 e. The summed E-state index contributed by atoms with van der Waals surface area (Å²) in [4.78, 5) is 11.9. The Kier molecular flexibility index (Phi) is 3.45. The average Bonchev–Trinajstić information content (AvgIpc) is 3.04. The third-order valence-electron chi connectivity index (χ3n) is 2.88. The topological polar surface area (TPSA) is 81.9 Å². The molecule has 1 unspecified atom stereocenters. The average molecular weight is 314 g/mol. The molecule has 0 fully saturated rings. The number of hydrogen-bond acceptors (Lipinski definition) is 5. The number of benzene rings is 1. The highest BCUT2D eigenvalue weighted by Gasteiger charge is 2.28. The summed E-state index contributed by atoms with van der Waals surface area (Å²) < 4.78 is 6.81. The third-order valence-corrected chi connectivity index (χ3v) is 3.67. The van der Waals surface area contributed by atoms with Gasteiger partial charge in [-0.15, -0.1) is 5.10 Å². The first-order valence-electron chi connectivity index (χ1n) is 5.76. The van der Waals surface area contributed by atoms with Crippen molar-refractivity contribution in [1.82, 2.24) is 25.5 Å². The summed E-state index contributed by atoms with van der Waals surface area (Å²) in [7, 11) is 0. The normalized spacial score (nSPS) is 16.6. The largest absolute Gasteiger partial charge is 0.489 e. The van der Waals surface area contributed by atoms with Gasteiger partial charge in [-0.1, -0.05) is 29.3 Å². The molecule has 20 heavy (non-hydrogen) atoms. The second-order valence-corrected chi connectivity index (χ2v) is 5.00. The maximum absolute atomic E-state index is 11.9. The molecule has 1 aliphatic rings. The van der Waals surface area contributed by atoms with Crippen LogP contribution in [0.1, 0.15) is 11.6 Å². The van der Waals surface area contributed by atoms with E-state index >= 15 is 0 Å². The first-order chi connectivity index (χ1) is 9.65. The van der Waals surface area contributed by atoms with Gasteiger partial charge < -0.3 is 10.1 Å². The van der Waals surface area contributed by atoms with Crippen LogP contribution in [0.25, 0.3) is 0 Å². The monoisotopic (exact) mass is 313 g/mol. The second-order valence-electron chi connectivity index (χ2n) is 4.22. The number of hydrogen-bond donors (Lipinski definition) is 1. The van der Waals surface area contributed by atoms with E-state index in [2.05, 4.69) is 20.8 Å². The van der Waals surface area contributed by atoms with Gasteiger partial charge in [0.05, 0.1) is 11.1 Å². The van der Waals surface area contributed by atoms with Crippen molar-refractivity contribution in [3.8, 4) is 5.75 Å². The van der Waals surface area contributed by atoms with Gasteiger partial charge in [0.15, 0.2) is 0 Å². The van der Waals surface area contributed by atoms with Gasteiger partial charge in [-0.05, 0) is 16.5 Å². The van der Waals surface area contributed by atoms with Gasteiger partial charge in [-0.25, -0.2) is 4.68 Å². The molecule has 1 aromatic carbocycles. The Morgan fingerprint density at radius 2 is 2.35 bits per heavy atom. The Morgan fingerprint density at radius 1 is 1.50 bits per heavy atom. The number of aromatic nitrogens is 4. The SMILES string of the molecule is O=C(Cn1cnnn1)NC1COc2c1ccc(Cl)c2Cl. The zero-order chi connectivity index (χ0) is 14.1. The van der Waals surface area contributed by atoms with Crippen LogP contribution in [0, 0.1) is 0 Å². The zero-order valence-corrected chi connectivity index (χ0v) is 11.6. The first kappa shape index (κ1) is 13.1. The van der Waals surface area contributed by atoms with Gasteiger partial charge in [0, 0.05) is 5.56 Å². The molecule has 1 amide bonds. The molecule has 0 aliphatic carbocycles. The molecular formula is C11H9Cl2N5O2. The van der Waals surface area contributed by atoms with Crippen LogP contribution in [0.15, 0.2) is 18.5 Å². The Labute approximate surface area is 123 Å². The Balaban J connectivity index is 1.72. The van der Waals surface area contributed by atoms with Crippen LogP contribution in [0.2, 0.25) is 10.0 Å². The van der Waals surface area contributed by atoms with Crippen LogP contribution in [-0.4, -0.2) is 32.7 Å². The standard InChI is InChI=1S/C11H9Cl2N5O2/c12-7-2-1-6-8(4-20-11(6)10(7)13)15-9(19)3-18-5-14-16-17-18/h1-2,5,8H,3-4H2,(H,15,19). The van der Waals surface area contributed by atoms with Crippen molar-refractivity contribution < 1.29 is 9.53 Å². The minimum absolute atomic E-state index is 0.0418. The van der Waals surface area contributed by atoms with Crippen molar-refractivity contribution in [2.45, 2.75) is 12.6 Å². The number of fused-ring (bicyclic) bond motifs is 1. The smallest absolute Gasteiger partial charge is 0.242 e. The van der Waals surface area contributed by atoms with Gasteiger partial charge >= 0.3 is 0 Å². The molecule has 1 atom stereocenters. The van der Waals surface area contributed by atoms with E-state index in [4.69, 9.17) is 27.9 Å². The van der Waals surface area contributed by atoms with Crippen molar-refractivity contribution >= 4 is 29.1 Å². The number of halogens is 2. The van der Waals surface area contributed by atoms with Crippen LogP contribution in [0.4, 0.5) is 0 Å². The third kappa shape index (κ3) is 2.41. The summed E-state index contributed by atoms with van der Waals surface area (Å²) in [5, 5.41) is 14.2. The highest BCUT2D eigenvalue weighted by molar-refractivity contribution is 6.43. The molecule has 0 spiro atoms. The van der Waals surface area contributed by atoms with E-state index in [1.165, 1.54) is 11.0 Å². The van der Waals surface area contributed by atoms with E-state index in [-0.39, 0.29) is 18.5 Å². The lowest BCUT2D eigenvalue weighted by Gasteiger charge is -2.11. The van der Waals surface area contributed by atoms with Gasteiger partial charge in [0.1, 0.15) is 30.3 Å². The number of nitrogens with one attached hydrogen (secondary N) is 1. The number of carbonyl (C=O) groups excluding carboxylic acids is 1. The van der Waals surface area contributed by atoms with E-state index in [0.29, 0.717) is 22.4 Å². The minimum atomic E-state index is -0.260. The van der Waals surface area contributed by atoms with Crippen LogP contribution < -0.4 is 10.1 Å². The molecule has 1 N–H and O–H groups in total. The molecule has 3 rings (SSSR count). The fourth-order valence-electron chi connectivity index (χ4n) is 1.98. The van der Waals surface area contributed by atoms with E-state index in [9.17, 15) is 4.79 Å². The number of rotatable bonds is 3. The molecule has 2 heterocycles. The van der Waals surface area contributed by atoms with E-state index < -0.39 is 0 Å².